The minimum atomic E-state index is 0.625. The second-order valence-corrected chi connectivity index (χ2v) is 5.02. The maximum Gasteiger partial charge on any atom is 0.0409 e. The molecule has 1 aromatic rings. The monoisotopic (exact) mass is 238 g/mol. The van der Waals surface area contributed by atoms with E-state index in [1.165, 1.54) is 12.0 Å². The Morgan fingerprint density at radius 3 is 3.12 bits per heavy atom. The fourth-order valence-electron chi connectivity index (χ4n) is 2.21. The highest BCUT2D eigenvalue weighted by Crippen LogP contribution is 2.13. The Balaban J connectivity index is 1.86. The normalized spacial score (nSPS) is 25.6. The number of hydrogen-bond donors (Lipinski definition) is 2. The van der Waals surface area contributed by atoms with Gasteiger partial charge in [0.1, 0.15) is 0 Å². The molecule has 3 heteroatoms. The van der Waals surface area contributed by atoms with E-state index in [0.29, 0.717) is 12.0 Å². The quantitative estimate of drug-likeness (QED) is 0.845. The predicted octanol–water partition coefficient (Wildman–Crippen LogP) is 2.43. The zero-order valence-corrected chi connectivity index (χ0v) is 10.4. The molecule has 2 unspecified atom stereocenters. The summed E-state index contributed by atoms with van der Waals surface area (Å²) in [5.74, 6) is 0.702. The number of benzene rings is 1. The van der Waals surface area contributed by atoms with Crippen LogP contribution in [-0.2, 0) is 6.54 Å². The van der Waals surface area contributed by atoms with E-state index >= 15 is 0 Å². The number of rotatable bonds is 3. The third kappa shape index (κ3) is 3.21. The molecule has 0 aromatic heterocycles. The van der Waals surface area contributed by atoms with Crippen LogP contribution in [0, 0.1) is 5.92 Å². The lowest BCUT2D eigenvalue weighted by molar-refractivity contribution is 0.295. The number of halogens is 1. The van der Waals surface area contributed by atoms with E-state index < -0.39 is 0 Å². The Labute approximate surface area is 102 Å². The first-order valence-electron chi connectivity index (χ1n) is 5.94. The largest absolute Gasteiger partial charge is 0.316 e. The van der Waals surface area contributed by atoms with Gasteiger partial charge in [-0.25, -0.2) is 0 Å². The molecule has 16 heavy (non-hydrogen) atoms. The molecule has 2 N–H and O–H groups in total. The summed E-state index contributed by atoms with van der Waals surface area (Å²) in [7, 11) is 0. The van der Waals surface area contributed by atoms with Crippen molar-refractivity contribution in [2.24, 2.45) is 5.92 Å². The summed E-state index contributed by atoms with van der Waals surface area (Å²) in [6.45, 7) is 5.45. The lowest BCUT2D eigenvalue weighted by atomic mass is 9.95. The van der Waals surface area contributed by atoms with Crippen LogP contribution in [0.2, 0.25) is 5.02 Å². The highest BCUT2D eigenvalue weighted by molar-refractivity contribution is 6.30. The topological polar surface area (TPSA) is 24.1 Å². The van der Waals surface area contributed by atoms with E-state index in [2.05, 4.69) is 23.6 Å². The molecule has 0 aliphatic carbocycles. The molecule has 2 rings (SSSR count). The van der Waals surface area contributed by atoms with Gasteiger partial charge in [-0.15, -0.1) is 0 Å². The summed E-state index contributed by atoms with van der Waals surface area (Å²) < 4.78 is 0. The van der Waals surface area contributed by atoms with Gasteiger partial charge in [0.25, 0.3) is 0 Å². The van der Waals surface area contributed by atoms with Gasteiger partial charge < -0.3 is 10.6 Å². The van der Waals surface area contributed by atoms with Gasteiger partial charge in [-0.05, 0) is 43.1 Å². The molecule has 0 radical (unpaired) electrons. The third-order valence-electron chi connectivity index (χ3n) is 3.24. The first kappa shape index (κ1) is 11.9. The van der Waals surface area contributed by atoms with Crippen molar-refractivity contribution >= 4 is 11.6 Å². The number of nitrogens with one attached hydrogen (secondary N) is 2. The van der Waals surface area contributed by atoms with Crippen LogP contribution in [0.1, 0.15) is 18.9 Å². The summed E-state index contributed by atoms with van der Waals surface area (Å²) in [5, 5.41) is 7.84. The van der Waals surface area contributed by atoms with Gasteiger partial charge in [-0.3, -0.25) is 0 Å². The summed E-state index contributed by atoms with van der Waals surface area (Å²) in [4.78, 5) is 0. The summed E-state index contributed by atoms with van der Waals surface area (Å²) >= 11 is 5.96. The molecule has 1 aromatic carbocycles. The smallest absolute Gasteiger partial charge is 0.0409 e. The molecular formula is C13H19ClN2. The van der Waals surface area contributed by atoms with E-state index in [-0.39, 0.29) is 0 Å². The van der Waals surface area contributed by atoms with Crippen molar-refractivity contribution < 1.29 is 0 Å². The SMILES string of the molecule is CC1CNCCC1NCc1cccc(Cl)c1. The van der Waals surface area contributed by atoms with Crippen molar-refractivity contribution in [3.05, 3.63) is 34.9 Å². The van der Waals surface area contributed by atoms with Crippen molar-refractivity contribution in [1.82, 2.24) is 10.6 Å². The first-order chi connectivity index (χ1) is 7.75. The summed E-state index contributed by atoms with van der Waals surface area (Å²) in [6, 6.07) is 8.69. The van der Waals surface area contributed by atoms with Crippen molar-refractivity contribution in [2.45, 2.75) is 25.9 Å². The van der Waals surface area contributed by atoms with Crippen LogP contribution < -0.4 is 10.6 Å². The standard InChI is InChI=1S/C13H19ClN2/c1-10-8-15-6-5-13(10)16-9-11-3-2-4-12(14)7-11/h2-4,7,10,13,15-16H,5-6,8-9H2,1H3. The molecule has 0 amide bonds. The van der Waals surface area contributed by atoms with Crippen molar-refractivity contribution in [3.8, 4) is 0 Å². The maximum absolute atomic E-state index is 5.96. The van der Waals surface area contributed by atoms with Crippen LogP contribution in [0.5, 0.6) is 0 Å². The van der Waals surface area contributed by atoms with Gasteiger partial charge in [0, 0.05) is 17.6 Å². The zero-order valence-electron chi connectivity index (χ0n) is 9.67. The van der Waals surface area contributed by atoms with Crippen LogP contribution >= 0.6 is 11.6 Å². The Morgan fingerprint density at radius 2 is 2.38 bits per heavy atom. The van der Waals surface area contributed by atoms with Crippen LogP contribution in [0.4, 0.5) is 0 Å². The minimum absolute atomic E-state index is 0.625. The van der Waals surface area contributed by atoms with E-state index in [0.717, 1.165) is 24.7 Å². The fourth-order valence-corrected chi connectivity index (χ4v) is 2.43. The van der Waals surface area contributed by atoms with Crippen LogP contribution in [0.15, 0.2) is 24.3 Å². The molecule has 0 spiro atoms. The maximum atomic E-state index is 5.96. The molecule has 0 saturated carbocycles. The molecule has 1 saturated heterocycles. The average Bonchev–Trinajstić information content (AvgIpc) is 2.28. The third-order valence-corrected chi connectivity index (χ3v) is 3.48. The van der Waals surface area contributed by atoms with Crippen LogP contribution in [0.3, 0.4) is 0 Å². The minimum Gasteiger partial charge on any atom is -0.316 e. The van der Waals surface area contributed by atoms with Crippen molar-refractivity contribution in [3.63, 3.8) is 0 Å². The average molecular weight is 239 g/mol. The molecule has 2 atom stereocenters. The molecule has 88 valence electrons. The molecule has 1 aliphatic rings. The molecule has 1 heterocycles. The van der Waals surface area contributed by atoms with Crippen molar-refractivity contribution in [2.75, 3.05) is 13.1 Å². The van der Waals surface area contributed by atoms with Gasteiger partial charge in [0.05, 0.1) is 0 Å². The van der Waals surface area contributed by atoms with Gasteiger partial charge >= 0.3 is 0 Å². The number of piperidine rings is 1. The summed E-state index contributed by atoms with van der Waals surface area (Å²) in [6.07, 6.45) is 1.21. The Morgan fingerprint density at radius 1 is 1.50 bits per heavy atom. The van der Waals surface area contributed by atoms with E-state index in [4.69, 9.17) is 11.6 Å². The van der Waals surface area contributed by atoms with Gasteiger partial charge in [-0.1, -0.05) is 30.7 Å². The lowest BCUT2D eigenvalue weighted by Gasteiger charge is -2.30. The van der Waals surface area contributed by atoms with E-state index in [9.17, 15) is 0 Å². The molecular weight excluding hydrogens is 220 g/mol. The van der Waals surface area contributed by atoms with Crippen LogP contribution in [0.25, 0.3) is 0 Å². The van der Waals surface area contributed by atoms with E-state index in [1.807, 2.05) is 18.2 Å². The Bertz CT molecular complexity index is 340. The lowest BCUT2D eigenvalue weighted by Crippen LogP contribution is -2.45. The second kappa shape index (κ2) is 5.67. The molecule has 0 bridgehead atoms. The highest BCUT2D eigenvalue weighted by atomic mass is 35.5. The van der Waals surface area contributed by atoms with E-state index in [1.54, 1.807) is 0 Å². The fraction of sp³-hybridized carbons (Fsp3) is 0.538. The number of hydrogen-bond acceptors (Lipinski definition) is 2. The molecule has 1 aliphatic heterocycles. The van der Waals surface area contributed by atoms with Gasteiger partial charge in [0.2, 0.25) is 0 Å². The molecule has 2 nitrogen and oxygen atoms in total. The zero-order chi connectivity index (χ0) is 11.4. The predicted molar refractivity (Wildman–Crippen MR) is 68.7 cm³/mol. The summed E-state index contributed by atoms with van der Waals surface area (Å²) in [5.41, 5.74) is 1.26. The Hall–Kier alpha value is -0.570. The second-order valence-electron chi connectivity index (χ2n) is 4.59. The first-order valence-corrected chi connectivity index (χ1v) is 6.32. The van der Waals surface area contributed by atoms with Crippen LogP contribution in [-0.4, -0.2) is 19.1 Å². The van der Waals surface area contributed by atoms with Gasteiger partial charge in [0.15, 0.2) is 0 Å². The van der Waals surface area contributed by atoms with Gasteiger partial charge in [-0.2, -0.15) is 0 Å². The highest BCUT2D eigenvalue weighted by Gasteiger charge is 2.19. The molecule has 1 fully saturated rings. The van der Waals surface area contributed by atoms with Crippen molar-refractivity contribution in [1.29, 1.82) is 0 Å². The Kier molecular flexibility index (Phi) is 4.22.